The van der Waals surface area contributed by atoms with Crippen LogP contribution in [0.5, 0.6) is 0 Å². The van der Waals surface area contributed by atoms with Gasteiger partial charge in [0.2, 0.25) is 0 Å². The summed E-state index contributed by atoms with van der Waals surface area (Å²) < 4.78 is 26.9. The maximum atomic E-state index is 12.4. The molecule has 2 amide bonds. The molecule has 148 valence electrons. The Kier molecular flexibility index (Phi) is 6.49. The first kappa shape index (κ1) is 20.1. The quantitative estimate of drug-likeness (QED) is 0.839. The van der Waals surface area contributed by atoms with Crippen LogP contribution in [-0.2, 0) is 10.0 Å². The Morgan fingerprint density at radius 2 is 1.64 bits per heavy atom. The average Bonchev–Trinajstić information content (AvgIpc) is 2.69. The van der Waals surface area contributed by atoms with Crippen LogP contribution in [-0.4, -0.2) is 57.0 Å². The Hall–Kier alpha value is -2.64. The molecule has 0 radical (unpaired) electrons. The Bertz CT molecular complexity index is 917. The summed E-state index contributed by atoms with van der Waals surface area (Å²) in [6.45, 7) is 5.08. The summed E-state index contributed by atoms with van der Waals surface area (Å²) in [5, 5.41) is 0. The van der Waals surface area contributed by atoms with Gasteiger partial charge in [0.25, 0.3) is 10.0 Å². The minimum Gasteiger partial charge on any atom is -0.321 e. The van der Waals surface area contributed by atoms with E-state index in [1.807, 2.05) is 37.3 Å². The molecule has 3 rings (SSSR count). The van der Waals surface area contributed by atoms with E-state index in [-0.39, 0.29) is 4.90 Å². The van der Waals surface area contributed by atoms with Crippen LogP contribution in [0.4, 0.5) is 4.79 Å². The predicted octanol–water partition coefficient (Wildman–Crippen LogP) is 2.72. The first-order valence-electron chi connectivity index (χ1n) is 9.26. The third kappa shape index (κ3) is 5.43. The molecule has 6 nitrogen and oxygen atoms in total. The van der Waals surface area contributed by atoms with Gasteiger partial charge in [0.15, 0.2) is 0 Å². The van der Waals surface area contributed by atoms with Crippen LogP contribution in [0, 0.1) is 6.92 Å². The lowest BCUT2D eigenvalue weighted by Crippen LogP contribution is -2.52. The van der Waals surface area contributed by atoms with Crippen molar-refractivity contribution in [2.24, 2.45) is 0 Å². The maximum absolute atomic E-state index is 12.4. The lowest BCUT2D eigenvalue weighted by atomic mass is 10.2. The van der Waals surface area contributed by atoms with Gasteiger partial charge in [-0.3, -0.25) is 4.90 Å². The first-order valence-corrected chi connectivity index (χ1v) is 10.7. The largest absolute Gasteiger partial charge is 0.331 e. The summed E-state index contributed by atoms with van der Waals surface area (Å²) in [5.74, 6) is 0. The molecule has 2 aromatic carbocycles. The van der Waals surface area contributed by atoms with Gasteiger partial charge >= 0.3 is 6.03 Å². The van der Waals surface area contributed by atoms with Gasteiger partial charge in [0, 0.05) is 32.7 Å². The van der Waals surface area contributed by atoms with Gasteiger partial charge in [-0.1, -0.05) is 60.2 Å². The number of carbonyl (C=O) groups is 1. The molecule has 1 N–H and O–H groups in total. The van der Waals surface area contributed by atoms with Gasteiger partial charge in [-0.25, -0.2) is 17.9 Å². The Balaban J connectivity index is 1.48. The zero-order valence-electron chi connectivity index (χ0n) is 15.9. The normalized spacial score (nSPS) is 15.7. The number of amides is 2. The Labute approximate surface area is 166 Å². The number of urea groups is 1. The zero-order valence-corrected chi connectivity index (χ0v) is 16.7. The van der Waals surface area contributed by atoms with Crippen LogP contribution in [0.2, 0.25) is 0 Å². The fourth-order valence-electron chi connectivity index (χ4n) is 2.99. The standard InChI is InChI=1S/C21H25N3O3S/c1-18-9-11-20(12-10-18)28(26,27)22-21(25)24-16-14-23(15-17-24)13-5-8-19-6-3-2-4-7-19/h2-12H,13-17H2,1H3,(H,22,25). The summed E-state index contributed by atoms with van der Waals surface area (Å²) in [5.41, 5.74) is 2.12. The van der Waals surface area contributed by atoms with Gasteiger partial charge < -0.3 is 4.90 Å². The fourth-order valence-corrected chi connectivity index (χ4v) is 3.96. The van der Waals surface area contributed by atoms with Gasteiger partial charge in [0.05, 0.1) is 4.90 Å². The van der Waals surface area contributed by atoms with Crippen LogP contribution >= 0.6 is 0 Å². The van der Waals surface area contributed by atoms with Crippen molar-refractivity contribution in [2.75, 3.05) is 32.7 Å². The van der Waals surface area contributed by atoms with E-state index in [0.29, 0.717) is 26.2 Å². The molecular formula is C21H25N3O3S. The van der Waals surface area contributed by atoms with Crippen LogP contribution in [0.25, 0.3) is 6.08 Å². The number of sulfonamides is 1. The second-order valence-corrected chi connectivity index (χ2v) is 8.51. The molecule has 2 aromatic rings. The van der Waals surface area contributed by atoms with E-state index >= 15 is 0 Å². The summed E-state index contributed by atoms with van der Waals surface area (Å²) >= 11 is 0. The average molecular weight is 400 g/mol. The highest BCUT2D eigenvalue weighted by Crippen LogP contribution is 2.11. The Morgan fingerprint density at radius 3 is 2.29 bits per heavy atom. The fraction of sp³-hybridized carbons (Fsp3) is 0.286. The topological polar surface area (TPSA) is 69.7 Å². The van der Waals surface area contributed by atoms with E-state index in [9.17, 15) is 13.2 Å². The van der Waals surface area contributed by atoms with Crippen molar-refractivity contribution in [2.45, 2.75) is 11.8 Å². The molecule has 1 aliphatic rings. The molecule has 1 heterocycles. The summed E-state index contributed by atoms with van der Waals surface area (Å²) in [4.78, 5) is 16.2. The molecular weight excluding hydrogens is 374 g/mol. The molecule has 0 saturated carbocycles. The van der Waals surface area contributed by atoms with Crippen molar-refractivity contribution >= 4 is 22.1 Å². The van der Waals surface area contributed by atoms with E-state index in [4.69, 9.17) is 0 Å². The number of hydrogen-bond donors (Lipinski definition) is 1. The molecule has 7 heteroatoms. The van der Waals surface area contributed by atoms with Crippen LogP contribution < -0.4 is 4.72 Å². The number of piperazine rings is 1. The van der Waals surface area contributed by atoms with Crippen molar-refractivity contribution in [1.82, 2.24) is 14.5 Å². The van der Waals surface area contributed by atoms with E-state index in [1.54, 1.807) is 17.0 Å². The number of nitrogens with zero attached hydrogens (tertiary/aromatic N) is 2. The number of aryl methyl sites for hydroxylation is 1. The third-order valence-corrected chi connectivity index (χ3v) is 6.02. The van der Waals surface area contributed by atoms with Crippen molar-refractivity contribution < 1.29 is 13.2 Å². The smallest absolute Gasteiger partial charge is 0.321 e. The highest BCUT2D eigenvalue weighted by molar-refractivity contribution is 7.90. The number of nitrogens with one attached hydrogen (secondary N) is 1. The second-order valence-electron chi connectivity index (χ2n) is 6.82. The number of benzene rings is 2. The number of hydrogen-bond acceptors (Lipinski definition) is 4. The van der Waals surface area contributed by atoms with Gasteiger partial charge in [0.1, 0.15) is 0 Å². The molecule has 0 aromatic heterocycles. The molecule has 0 bridgehead atoms. The minimum atomic E-state index is -3.85. The third-order valence-electron chi connectivity index (χ3n) is 4.69. The molecule has 0 aliphatic carbocycles. The zero-order chi connectivity index (χ0) is 20.0. The second kappa shape index (κ2) is 9.03. The summed E-state index contributed by atoms with van der Waals surface area (Å²) in [6.07, 6.45) is 4.18. The number of carbonyl (C=O) groups excluding carboxylic acids is 1. The van der Waals surface area contributed by atoms with Crippen molar-refractivity contribution in [3.8, 4) is 0 Å². The summed E-state index contributed by atoms with van der Waals surface area (Å²) in [7, 11) is -3.85. The lowest BCUT2D eigenvalue weighted by molar-refractivity contribution is 0.150. The van der Waals surface area contributed by atoms with E-state index in [0.717, 1.165) is 17.7 Å². The molecule has 1 fully saturated rings. The lowest BCUT2D eigenvalue weighted by Gasteiger charge is -2.33. The van der Waals surface area contributed by atoms with Crippen molar-refractivity contribution in [3.63, 3.8) is 0 Å². The molecule has 0 unspecified atom stereocenters. The molecule has 1 aliphatic heterocycles. The first-order chi connectivity index (χ1) is 13.4. The molecule has 28 heavy (non-hydrogen) atoms. The number of rotatable bonds is 5. The van der Waals surface area contributed by atoms with Crippen LogP contribution in [0.3, 0.4) is 0 Å². The Morgan fingerprint density at radius 1 is 1.00 bits per heavy atom. The van der Waals surface area contributed by atoms with Crippen LogP contribution in [0.1, 0.15) is 11.1 Å². The van der Waals surface area contributed by atoms with Crippen molar-refractivity contribution in [3.05, 3.63) is 71.8 Å². The molecule has 0 atom stereocenters. The SMILES string of the molecule is Cc1ccc(S(=O)(=O)NC(=O)N2CCN(CC=Cc3ccccc3)CC2)cc1. The summed E-state index contributed by atoms with van der Waals surface area (Å²) in [6, 6.07) is 15.9. The van der Waals surface area contributed by atoms with Gasteiger partial charge in [-0.05, 0) is 24.6 Å². The highest BCUT2D eigenvalue weighted by atomic mass is 32.2. The maximum Gasteiger partial charge on any atom is 0.331 e. The highest BCUT2D eigenvalue weighted by Gasteiger charge is 2.25. The molecule has 0 spiro atoms. The van der Waals surface area contributed by atoms with Crippen LogP contribution in [0.15, 0.2) is 65.6 Å². The predicted molar refractivity (Wildman–Crippen MR) is 110 cm³/mol. The molecule has 1 saturated heterocycles. The van der Waals surface area contributed by atoms with E-state index in [1.165, 1.54) is 12.1 Å². The monoisotopic (exact) mass is 399 g/mol. The van der Waals surface area contributed by atoms with E-state index < -0.39 is 16.1 Å². The van der Waals surface area contributed by atoms with Crippen molar-refractivity contribution in [1.29, 1.82) is 0 Å². The van der Waals surface area contributed by atoms with Gasteiger partial charge in [-0.15, -0.1) is 0 Å². The van der Waals surface area contributed by atoms with Gasteiger partial charge in [-0.2, -0.15) is 0 Å². The minimum absolute atomic E-state index is 0.0936. The van der Waals surface area contributed by atoms with E-state index in [2.05, 4.69) is 21.8 Å².